The summed E-state index contributed by atoms with van der Waals surface area (Å²) in [6.45, 7) is 0.0205. The van der Waals surface area contributed by atoms with Crippen LogP contribution in [0.25, 0.3) is 17.0 Å². The second-order valence-electron chi connectivity index (χ2n) is 6.78. The first kappa shape index (κ1) is 18.0. The summed E-state index contributed by atoms with van der Waals surface area (Å²) in [4.78, 5) is 24.0. The van der Waals surface area contributed by atoms with Crippen LogP contribution in [0.1, 0.15) is 28.7 Å². The zero-order valence-electron chi connectivity index (χ0n) is 15.6. The van der Waals surface area contributed by atoms with Gasteiger partial charge in [-0.1, -0.05) is 12.1 Å². The summed E-state index contributed by atoms with van der Waals surface area (Å²) in [5.74, 6) is 0.277. The number of rotatable bonds is 5. The molecule has 0 spiro atoms. The van der Waals surface area contributed by atoms with Crippen LogP contribution in [0.5, 0.6) is 5.75 Å². The summed E-state index contributed by atoms with van der Waals surface area (Å²) in [7, 11) is 1.60. The molecule has 2 aromatic carbocycles. The highest BCUT2D eigenvalue weighted by molar-refractivity contribution is 5.87. The lowest BCUT2D eigenvalue weighted by molar-refractivity contribution is -0.138. The van der Waals surface area contributed by atoms with Gasteiger partial charge in [0.1, 0.15) is 17.9 Å². The number of ether oxygens (including phenoxy) is 2. The minimum absolute atomic E-state index is 0.0205. The molecule has 0 bridgehead atoms. The van der Waals surface area contributed by atoms with Gasteiger partial charge in [0, 0.05) is 23.1 Å². The average Bonchev–Trinajstić information content (AvgIpc) is 3.16. The Kier molecular flexibility index (Phi) is 4.98. The second kappa shape index (κ2) is 7.72. The van der Waals surface area contributed by atoms with Gasteiger partial charge in [-0.05, 0) is 66.3 Å². The van der Waals surface area contributed by atoms with Crippen molar-refractivity contribution in [2.45, 2.75) is 25.9 Å². The first-order valence-corrected chi connectivity index (χ1v) is 9.20. The quantitative estimate of drug-likeness (QED) is 0.382. The fraction of sp³-hybridized carbons (Fsp3) is 0.217. The van der Waals surface area contributed by atoms with Crippen molar-refractivity contribution in [3.8, 4) is 5.75 Å². The Bertz CT molecular complexity index is 1110. The van der Waals surface area contributed by atoms with Crippen molar-refractivity contribution in [2.24, 2.45) is 0 Å². The molecular formula is C23H20O5. The highest BCUT2D eigenvalue weighted by Gasteiger charge is 2.15. The molecule has 0 saturated carbocycles. The second-order valence-corrected chi connectivity index (χ2v) is 6.78. The van der Waals surface area contributed by atoms with Crippen molar-refractivity contribution in [3.63, 3.8) is 0 Å². The van der Waals surface area contributed by atoms with Gasteiger partial charge >= 0.3 is 11.6 Å². The third-order valence-electron chi connectivity index (χ3n) is 4.94. The monoisotopic (exact) mass is 376 g/mol. The van der Waals surface area contributed by atoms with E-state index >= 15 is 0 Å². The van der Waals surface area contributed by atoms with E-state index in [-0.39, 0.29) is 6.61 Å². The molecule has 1 aromatic heterocycles. The Morgan fingerprint density at radius 2 is 1.86 bits per heavy atom. The summed E-state index contributed by atoms with van der Waals surface area (Å²) in [5.41, 5.74) is 4.13. The molecule has 28 heavy (non-hydrogen) atoms. The number of hydrogen-bond donors (Lipinski definition) is 0. The molecule has 0 aliphatic heterocycles. The number of carbonyl (C=O) groups excluding carboxylic acids is 1. The Balaban J connectivity index is 1.49. The van der Waals surface area contributed by atoms with E-state index in [0.717, 1.165) is 36.0 Å². The first-order chi connectivity index (χ1) is 13.6. The van der Waals surface area contributed by atoms with E-state index in [4.69, 9.17) is 13.9 Å². The molecule has 4 rings (SSSR count). The van der Waals surface area contributed by atoms with Gasteiger partial charge < -0.3 is 13.9 Å². The molecule has 1 aliphatic rings. The fourth-order valence-electron chi connectivity index (χ4n) is 3.49. The number of aryl methyl sites for hydroxylation is 2. The average molecular weight is 376 g/mol. The highest BCUT2D eigenvalue weighted by Crippen LogP contribution is 2.28. The molecule has 0 atom stereocenters. The molecule has 0 saturated heterocycles. The molecule has 3 aromatic rings. The molecule has 0 unspecified atom stereocenters. The Morgan fingerprint density at radius 1 is 1.11 bits per heavy atom. The lowest BCUT2D eigenvalue weighted by Gasteiger charge is -2.08. The summed E-state index contributed by atoms with van der Waals surface area (Å²) in [5, 5.41) is 0.826. The van der Waals surface area contributed by atoms with Gasteiger partial charge in [-0.25, -0.2) is 9.59 Å². The zero-order chi connectivity index (χ0) is 19.5. The van der Waals surface area contributed by atoms with Gasteiger partial charge in [0.2, 0.25) is 0 Å². The molecule has 1 heterocycles. The predicted molar refractivity (Wildman–Crippen MR) is 106 cm³/mol. The summed E-state index contributed by atoms with van der Waals surface area (Å²) in [6.07, 6.45) is 6.17. The molecule has 142 valence electrons. The molecule has 0 radical (unpaired) electrons. The third kappa shape index (κ3) is 3.83. The van der Waals surface area contributed by atoms with E-state index in [1.807, 2.05) is 30.3 Å². The van der Waals surface area contributed by atoms with Gasteiger partial charge in [0.05, 0.1) is 7.11 Å². The van der Waals surface area contributed by atoms with E-state index in [0.29, 0.717) is 11.1 Å². The van der Waals surface area contributed by atoms with E-state index in [9.17, 15) is 9.59 Å². The Labute approximate surface area is 162 Å². The van der Waals surface area contributed by atoms with E-state index in [1.165, 1.54) is 23.3 Å². The maximum Gasteiger partial charge on any atom is 0.336 e. The topological polar surface area (TPSA) is 65.7 Å². The van der Waals surface area contributed by atoms with Crippen molar-refractivity contribution in [3.05, 3.63) is 81.2 Å². The normalized spacial score (nSPS) is 13.0. The van der Waals surface area contributed by atoms with Crippen molar-refractivity contribution >= 4 is 23.0 Å². The van der Waals surface area contributed by atoms with Crippen molar-refractivity contribution in [2.75, 3.05) is 7.11 Å². The molecular weight excluding hydrogens is 356 g/mol. The van der Waals surface area contributed by atoms with Gasteiger partial charge in [-0.15, -0.1) is 0 Å². The van der Waals surface area contributed by atoms with Gasteiger partial charge in [-0.3, -0.25) is 0 Å². The van der Waals surface area contributed by atoms with Crippen LogP contribution in [0, 0.1) is 0 Å². The van der Waals surface area contributed by atoms with Crippen LogP contribution >= 0.6 is 0 Å². The van der Waals surface area contributed by atoms with E-state index in [2.05, 4.69) is 6.07 Å². The first-order valence-electron chi connectivity index (χ1n) is 9.20. The van der Waals surface area contributed by atoms with Crippen LogP contribution in [-0.2, 0) is 29.0 Å². The Morgan fingerprint density at radius 3 is 2.61 bits per heavy atom. The molecule has 0 amide bonds. The standard InChI is InChI=1S/C23H20O5/c1-26-19-8-5-15(6-9-19)7-10-22(24)27-14-18-13-23(25)28-21-12-17-4-2-3-16(17)11-20(18)21/h5-13H,2-4,14H2,1H3. The smallest absolute Gasteiger partial charge is 0.336 e. The number of hydrogen-bond acceptors (Lipinski definition) is 5. The maximum atomic E-state index is 12.1. The van der Waals surface area contributed by atoms with Gasteiger partial charge in [-0.2, -0.15) is 0 Å². The SMILES string of the molecule is COc1ccc(C=CC(=O)OCc2cc(=O)oc3cc4c(cc23)CCC4)cc1. The molecule has 1 aliphatic carbocycles. The summed E-state index contributed by atoms with van der Waals surface area (Å²) < 4.78 is 15.8. The Hall–Kier alpha value is -3.34. The third-order valence-corrected chi connectivity index (χ3v) is 4.94. The fourth-order valence-corrected chi connectivity index (χ4v) is 3.49. The number of carbonyl (C=O) groups is 1. The predicted octanol–water partition coefficient (Wildman–Crippen LogP) is 4.05. The van der Waals surface area contributed by atoms with Crippen molar-refractivity contribution < 1.29 is 18.7 Å². The minimum atomic E-state index is -0.474. The zero-order valence-corrected chi connectivity index (χ0v) is 15.6. The van der Waals surface area contributed by atoms with Crippen LogP contribution in [0.15, 0.2) is 57.8 Å². The number of fused-ring (bicyclic) bond motifs is 2. The van der Waals surface area contributed by atoms with Gasteiger partial charge in [0.25, 0.3) is 0 Å². The van der Waals surface area contributed by atoms with Gasteiger partial charge in [0.15, 0.2) is 0 Å². The number of methoxy groups -OCH3 is 1. The largest absolute Gasteiger partial charge is 0.497 e. The summed E-state index contributed by atoms with van der Waals surface area (Å²) in [6, 6.07) is 12.7. The van der Waals surface area contributed by atoms with Crippen LogP contribution in [-0.4, -0.2) is 13.1 Å². The van der Waals surface area contributed by atoms with E-state index in [1.54, 1.807) is 13.2 Å². The van der Waals surface area contributed by atoms with Crippen molar-refractivity contribution in [1.29, 1.82) is 0 Å². The molecule has 5 nitrogen and oxygen atoms in total. The summed E-state index contributed by atoms with van der Waals surface area (Å²) >= 11 is 0. The molecule has 0 fully saturated rings. The number of esters is 1. The molecule has 0 N–H and O–H groups in total. The van der Waals surface area contributed by atoms with Crippen LogP contribution < -0.4 is 10.4 Å². The molecule has 5 heteroatoms. The highest BCUT2D eigenvalue weighted by atomic mass is 16.5. The van der Waals surface area contributed by atoms with E-state index < -0.39 is 11.6 Å². The van der Waals surface area contributed by atoms with Crippen LogP contribution in [0.4, 0.5) is 0 Å². The van der Waals surface area contributed by atoms with Crippen molar-refractivity contribution in [1.82, 2.24) is 0 Å². The van der Waals surface area contributed by atoms with Crippen LogP contribution in [0.3, 0.4) is 0 Å². The number of benzene rings is 2. The lowest BCUT2D eigenvalue weighted by atomic mass is 10.0. The maximum absolute atomic E-state index is 12.1. The minimum Gasteiger partial charge on any atom is -0.497 e. The van der Waals surface area contributed by atoms with Crippen LogP contribution in [0.2, 0.25) is 0 Å². The lowest BCUT2D eigenvalue weighted by Crippen LogP contribution is -2.06.